The van der Waals surface area contributed by atoms with E-state index in [0.29, 0.717) is 30.1 Å². The Kier molecular flexibility index (Phi) is 4.45. The van der Waals surface area contributed by atoms with E-state index >= 15 is 0 Å². The summed E-state index contributed by atoms with van der Waals surface area (Å²) in [4.78, 5) is 0. The number of aliphatic hydroxyl groups is 1. The molecule has 0 spiro atoms. The fraction of sp³-hybridized carbons (Fsp3) is 0.364. The predicted octanol–water partition coefficient (Wildman–Crippen LogP) is 1.33. The lowest BCUT2D eigenvalue weighted by atomic mass is 10.2. The van der Waals surface area contributed by atoms with Crippen molar-refractivity contribution in [2.45, 2.75) is 6.42 Å². The van der Waals surface area contributed by atoms with Gasteiger partial charge in [-0.05, 0) is 12.1 Å². The van der Waals surface area contributed by atoms with Crippen LogP contribution in [0.15, 0.2) is 18.2 Å². The molecular weight excluding hydrogens is 194 g/mol. The van der Waals surface area contributed by atoms with Crippen LogP contribution in [0.2, 0.25) is 0 Å². The zero-order valence-corrected chi connectivity index (χ0v) is 8.56. The van der Waals surface area contributed by atoms with Crippen LogP contribution in [-0.2, 0) is 0 Å². The summed E-state index contributed by atoms with van der Waals surface area (Å²) < 4.78 is 10.4. The SMILES string of the molecule is COc1ccc(C#N)c(OCCCO)c1. The summed E-state index contributed by atoms with van der Waals surface area (Å²) in [5.74, 6) is 1.14. The summed E-state index contributed by atoms with van der Waals surface area (Å²) in [7, 11) is 1.55. The molecule has 1 N–H and O–H groups in total. The molecule has 0 saturated carbocycles. The summed E-state index contributed by atoms with van der Waals surface area (Å²) in [6.45, 7) is 0.463. The summed E-state index contributed by atoms with van der Waals surface area (Å²) >= 11 is 0. The minimum atomic E-state index is 0.0753. The van der Waals surface area contributed by atoms with Crippen molar-refractivity contribution in [1.82, 2.24) is 0 Å². The number of nitriles is 1. The normalized spacial score (nSPS) is 9.40. The van der Waals surface area contributed by atoms with Crippen LogP contribution in [0.3, 0.4) is 0 Å². The Balaban J connectivity index is 2.78. The fourth-order valence-electron chi connectivity index (χ4n) is 1.09. The van der Waals surface area contributed by atoms with Gasteiger partial charge in [-0.1, -0.05) is 0 Å². The first-order chi connectivity index (χ1) is 7.31. The van der Waals surface area contributed by atoms with Crippen molar-refractivity contribution in [2.75, 3.05) is 20.3 Å². The molecule has 0 bridgehead atoms. The second kappa shape index (κ2) is 5.89. The number of rotatable bonds is 5. The maximum absolute atomic E-state index is 8.82. The molecule has 0 fully saturated rings. The van der Waals surface area contributed by atoms with Gasteiger partial charge in [0.2, 0.25) is 0 Å². The zero-order valence-electron chi connectivity index (χ0n) is 8.56. The van der Waals surface area contributed by atoms with Crippen molar-refractivity contribution in [3.63, 3.8) is 0 Å². The fourth-order valence-corrected chi connectivity index (χ4v) is 1.09. The van der Waals surface area contributed by atoms with Crippen molar-refractivity contribution in [3.05, 3.63) is 23.8 Å². The summed E-state index contributed by atoms with van der Waals surface area (Å²) in [6, 6.07) is 7.05. The third kappa shape index (κ3) is 3.15. The number of hydrogen-bond donors (Lipinski definition) is 1. The standard InChI is InChI=1S/C11H13NO3/c1-14-10-4-3-9(8-12)11(7-10)15-6-2-5-13/h3-4,7,13H,2,5-6H2,1H3. The van der Waals surface area contributed by atoms with Crippen LogP contribution in [0.4, 0.5) is 0 Å². The Morgan fingerprint density at radius 2 is 2.27 bits per heavy atom. The van der Waals surface area contributed by atoms with E-state index in [1.165, 1.54) is 0 Å². The number of hydrogen-bond acceptors (Lipinski definition) is 4. The average molecular weight is 207 g/mol. The molecule has 0 amide bonds. The average Bonchev–Trinajstić information content (AvgIpc) is 2.29. The predicted molar refractivity (Wildman–Crippen MR) is 54.9 cm³/mol. The van der Waals surface area contributed by atoms with Crippen LogP contribution in [0.25, 0.3) is 0 Å². The first kappa shape index (κ1) is 11.3. The van der Waals surface area contributed by atoms with Gasteiger partial charge in [0.1, 0.15) is 17.6 Å². The molecule has 0 aromatic heterocycles. The number of benzene rings is 1. The van der Waals surface area contributed by atoms with Gasteiger partial charge in [-0.15, -0.1) is 0 Å². The van der Waals surface area contributed by atoms with E-state index in [0.717, 1.165) is 0 Å². The molecule has 0 atom stereocenters. The maximum atomic E-state index is 8.82. The largest absolute Gasteiger partial charge is 0.497 e. The van der Waals surface area contributed by atoms with Crippen LogP contribution < -0.4 is 9.47 Å². The van der Waals surface area contributed by atoms with E-state index in [2.05, 4.69) is 0 Å². The molecule has 1 aromatic rings. The Labute approximate surface area is 88.7 Å². The van der Waals surface area contributed by atoms with E-state index in [4.69, 9.17) is 19.8 Å². The summed E-state index contributed by atoms with van der Waals surface area (Å²) in [5.41, 5.74) is 0.466. The third-order valence-corrected chi connectivity index (χ3v) is 1.87. The lowest BCUT2D eigenvalue weighted by molar-refractivity contribution is 0.233. The molecule has 0 heterocycles. The molecule has 0 saturated heterocycles. The minimum Gasteiger partial charge on any atom is -0.497 e. The lowest BCUT2D eigenvalue weighted by Crippen LogP contribution is -2.01. The van der Waals surface area contributed by atoms with Gasteiger partial charge in [0.05, 0.1) is 19.3 Å². The molecule has 0 radical (unpaired) electrons. The molecule has 0 aliphatic carbocycles. The molecule has 0 aliphatic heterocycles. The van der Waals surface area contributed by atoms with Gasteiger partial charge in [0, 0.05) is 19.1 Å². The Hall–Kier alpha value is -1.73. The smallest absolute Gasteiger partial charge is 0.140 e. The highest BCUT2D eigenvalue weighted by Gasteiger charge is 2.04. The van der Waals surface area contributed by atoms with E-state index < -0.39 is 0 Å². The number of ether oxygens (including phenoxy) is 2. The molecule has 1 rings (SSSR count). The second-order valence-electron chi connectivity index (χ2n) is 2.90. The van der Waals surface area contributed by atoms with Crippen molar-refractivity contribution in [3.8, 4) is 17.6 Å². The van der Waals surface area contributed by atoms with Crippen LogP contribution >= 0.6 is 0 Å². The maximum Gasteiger partial charge on any atom is 0.140 e. The lowest BCUT2D eigenvalue weighted by Gasteiger charge is -2.08. The highest BCUT2D eigenvalue weighted by atomic mass is 16.5. The molecular formula is C11H13NO3. The van der Waals surface area contributed by atoms with Crippen LogP contribution in [0.1, 0.15) is 12.0 Å². The Morgan fingerprint density at radius 1 is 1.47 bits per heavy atom. The molecule has 80 valence electrons. The van der Waals surface area contributed by atoms with Gasteiger partial charge in [-0.25, -0.2) is 0 Å². The monoisotopic (exact) mass is 207 g/mol. The highest BCUT2D eigenvalue weighted by molar-refractivity contribution is 5.47. The Bertz CT molecular complexity index is 357. The zero-order chi connectivity index (χ0) is 11.1. The van der Waals surface area contributed by atoms with E-state index in [-0.39, 0.29) is 6.61 Å². The van der Waals surface area contributed by atoms with Gasteiger partial charge in [0.25, 0.3) is 0 Å². The van der Waals surface area contributed by atoms with Gasteiger partial charge >= 0.3 is 0 Å². The summed E-state index contributed by atoms with van der Waals surface area (Å²) in [5, 5.41) is 17.4. The summed E-state index contributed by atoms with van der Waals surface area (Å²) in [6.07, 6.45) is 0.544. The van der Waals surface area contributed by atoms with E-state index in [1.807, 2.05) is 6.07 Å². The van der Waals surface area contributed by atoms with Crippen LogP contribution in [0.5, 0.6) is 11.5 Å². The highest BCUT2D eigenvalue weighted by Crippen LogP contribution is 2.24. The van der Waals surface area contributed by atoms with Gasteiger partial charge in [-0.2, -0.15) is 5.26 Å². The van der Waals surface area contributed by atoms with Crippen molar-refractivity contribution in [1.29, 1.82) is 5.26 Å². The number of aliphatic hydroxyl groups excluding tert-OH is 1. The van der Waals surface area contributed by atoms with Crippen molar-refractivity contribution >= 4 is 0 Å². The first-order valence-corrected chi connectivity index (χ1v) is 4.63. The first-order valence-electron chi connectivity index (χ1n) is 4.63. The van der Waals surface area contributed by atoms with E-state index in [9.17, 15) is 0 Å². The molecule has 4 nitrogen and oxygen atoms in total. The minimum absolute atomic E-state index is 0.0753. The van der Waals surface area contributed by atoms with Crippen LogP contribution in [0, 0.1) is 11.3 Å². The van der Waals surface area contributed by atoms with Crippen molar-refractivity contribution < 1.29 is 14.6 Å². The second-order valence-corrected chi connectivity index (χ2v) is 2.90. The molecule has 0 unspecified atom stereocenters. The van der Waals surface area contributed by atoms with Gasteiger partial charge in [-0.3, -0.25) is 0 Å². The van der Waals surface area contributed by atoms with Crippen molar-refractivity contribution in [2.24, 2.45) is 0 Å². The Morgan fingerprint density at radius 3 is 2.87 bits per heavy atom. The van der Waals surface area contributed by atoms with Gasteiger partial charge < -0.3 is 14.6 Å². The molecule has 15 heavy (non-hydrogen) atoms. The van der Waals surface area contributed by atoms with Gasteiger partial charge in [0.15, 0.2) is 0 Å². The number of nitrogens with zero attached hydrogens (tertiary/aromatic N) is 1. The number of methoxy groups -OCH3 is 1. The molecule has 4 heteroatoms. The van der Waals surface area contributed by atoms with E-state index in [1.54, 1.807) is 25.3 Å². The topological polar surface area (TPSA) is 62.5 Å². The quantitative estimate of drug-likeness (QED) is 0.740. The molecule has 1 aromatic carbocycles. The van der Waals surface area contributed by atoms with Crippen LogP contribution in [-0.4, -0.2) is 25.4 Å². The molecule has 0 aliphatic rings. The third-order valence-electron chi connectivity index (χ3n) is 1.87.